The summed E-state index contributed by atoms with van der Waals surface area (Å²) in [6.07, 6.45) is 4.30. The SMILES string of the molecule is Cc1cc(C)c(C)c(N2C=CN(C)C2(C)C)c1. The third-order valence-electron chi connectivity index (χ3n) is 3.94. The van der Waals surface area contributed by atoms with Gasteiger partial charge < -0.3 is 9.80 Å². The Morgan fingerprint density at radius 3 is 2.18 bits per heavy atom. The highest BCUT2D eigenvalue weighted by Crippen LogP contribution is 2.35. The number of rotatable bonds is 1. The molecule has 17 heavy (non-hydrogen) atoms. The number of aryl methyl sites for hydroxylation is 2. The summed E-state index contributed by atoms with van der Waals surface area (Å²) in [7, 11) is 2.12. The number of nitrogens with zero attached hydrogens (tertiary/aromatic N) is 2. The molecule has 0 bridgehead atoms. The first-order valence-corrected chi connectivity index (χ1v) is 6.12. The summed E-state index contributed by atoms with van der Waals surface area (Å²) in [5.41, 5.74) is 5.36. The Morgan fingerprint density at radius 2 is 1.65 bits per heavy atom. The number of hydrogen-bond donors (Lipinski definition) is 0. The van der Waals surface area contributed by atoms with Gasteiger partial charge in [0.15, 0.2) is 0 Å². The summed E-state index contributed by atoms with van der Waals surface area (Å²) >= 11 is 0. The third-order valence-corrected chi connectivity index (χ3v) is 3.94. The molecule has 0 amide bonds. The molecule has 0 atom stereocenters. The maximum absolute atomic E-state index is 2.35. The lowest BCUT2D eigenvalue weighted by Gasteiger charge is -2.39. The molecule has 0 unspecified atom stereocenters. The quantitative estimate of drug-likeness (QED) is 0.727. The van der Waals surface area contributed by atoms with E-state index in [9.17, 15) is 0 Å². The Hall–Kier alpha value is -1.44. The Balaban J connectivity index is 2.52. The molecule has 0 saturated carbocycles. The molecule has 2 rings (SSSR count). The molecule has 0 N–H and O–H groups in total. The fourth-order valence-electron chi connectivity index (χ4n) is 2.34. The largest absolute Gasteiger partial charge is 0.357 e. The van der Waals surface area contributed by atoms with Gasteiger partial charge in [-0.3, -0.25) is 0 Å². The fraction of sp³-hybridized carbons (Fsp3) is 0.467. The van der Waals surface area contributed by atoms with Crippen molar-refractivity contribution in [1.82, 2.24) is 4.90 Å². The second-order valence-electron chi connectivity index (χ2n) is 5.50. The molecule has 2 nitrogen and oxygen atoms in total. The Labute approximate surface area is 105 Å². The summed E-state index contributed by atoms with van der Waals surface area (Å²) < 4.78 is 0. The average molecular weight is 230 g/mol. The molecular weight excluding hydrogens is 208 g/mol. The van der Waals surface area contributed by atoms with Gasteiger partial charge in [0.05, 0.1) is 0 Å². The van der Waals surface area contributed by atoms with E-state index in [-0.39, 0.29) is 5.66 Å². The van der Waals surface area contributed by atoms with Crippen LogP contribution in [-0.4, -0.2) is 17.6 Å². The van der Waals surface area contributed by atoms with Crippen LogP contribution in [0.4, 0.5) is 5.69 Å². The summed E-state index contributed by atoms with van der Waals surface area (Å²) in [4.78, 5) is 4.59. The van der Waals surface area contributed by atoms with Crippen LogP contribution in [0.1, 0.15) is 30.5 Å². The monoisotopic (exact) mass is 230 g/mol. The van der Waals surface area contributed by atoms with Gasteiger partial charge in [0.25, 0.3) is 0 Å². The standard InChI is InChI=1S/C15H22N2/c1-11-9-12(2)13(3)14(10-11)17-8-7-16(6)15(17,4)5/h7-10H,1-6H3. The van der Waals surface area contributed by atoms with Crippen molar-refractivity contribution < 1.29 is 0 Å². The minimum absolute atomic E-state index is 0.00495. The predicted molar refractivity (Wildman–Crippen MR) is 74.1 cm³/mol. The normalized spacial score (nSPS) is 18.0. The van der Waals surface area contributed by atoms with Crippen LogP contribution in [0.3, 0.4) is 0 Å². The molecule has 1 aromatic rings. The van der Waals surface area contributed by atoms with Gasteiger partial charge >= 0.3 is 0 Å². The van der Waals surface area contributed by atoms with E-state index in [0.29, 0.717) is 0 Å². The van der Waals surface area contributed by atoms with Crippen molar-refractivity contribution >= 4 is 5.69 Å². The van der Waals surface area contributed by atoms with Crippen LogP contribution < -0.4 is 4.90 Å². The highest BCUT2D eigenvalue weighted by Gasteiger charge is 2.33. The fourth-order valence-corrected chi connectivity index (χ4v) is 2.34. The van der Waals surface area contributed by atoms with Crippen molar-refractivity contribution in [2.75, 3.05) is 11.9 Å². The summed E-state index contributed by atoms with van der Waals surface area (Å²) in [5.74, 6) is 0. The van der Waals surface area contributed by atoms with E-state index in [1.807, 2.05) is 0 Å². The topological polar surface area (TPSA) is 6.48 Å². The third kappa shape index (κ3) is 1.82. The minimum atomic E-state index is 0.00495. The molecule has 92 valence electrons. The second kappa shape index (κ2) is 3.80. The second-order valence-corrected chi connectivity index (χ2v) is 5.50. The smallest absolute Gasteiger partial charge is 0.110 e. The molecule has 1 aliphatic heterocycles. The van der Waals surface area contributed by atoms with Crippen molar-refractivity contribution in [2.24, 2.45) is 0 Å². The predicted octanol–water partition coefficient (Wildman–Crippen LogP) is 3.57. The van der Waals surface area contributed by atoms with Crippen LogP contribution in [0.5, 0.6) is 0 Å². The molecule has 0 radical (unpaired) electrons. The molecule has 1 aliphatic rings. The van der Waals surface area contributed by atoms with E-state index in [1.165, 1.54) is 22.4 Å². The lowest BCUT2D eigenvalue weighted by molar-refractivity contribution is 0.253. The van der Waals surface area contributed by atoms with E-state index in [0.717, 1.165) is 0 Å². The van der Waals surface area contributed by atoms with Gasteiger partial charge in [-0.1, -0.05) is 6.07 Å². The Kier molecular flexibility index (Phi) is 2.69. The number of benzene rings is 1. The van der Waals surface area contributed by atoms with E-state index >= 15 is 0 Å². The maximum atomic E-state index is 2.35. The van der Waals surface area contributed by atoms with Crippen LogP contribution in [0.25, 0.3) is 0 Å². The van der Waals surface area contributed by atoms with Gasteiger partial charge in [0.1, 0.15) is 5.66 Å². The first-order valence-electron chi connectivity index (χ1n) is 6.12. The first-order chi connectivity index (χ1) is 7.84. The van der Waals surface area contributed by atoms with E-state index < -0.39 is 0 Å². The molecule has 1 aromatic carbocycles. The van der Waals surface area contributed by atoms with E-state index in [4.69, 9.17) is 0 Å². The van der Waals surface area contributed by atoms with E-state index in [1.54, 1.807) is 0 Å². The van der Waals surface area contributed by atoms with Crippen molar-refractivity contribution in [3.63, 3.8) is 0 Å². The molecule has 0 spiro atoms. The van der Waals surface area contributed by atoms with Gasteiger partial charge in [0, 0.05) is 25.1 Å². The van der Waals surface area contributed by atoms with Crippen molar-refractivity contribution in [2.45, 2.75) is 40.3 Å². The number of anilines is 1. The van der Waals surface area contributed by atoms with Crippen LogP contribution in [0.2, 0.25) is 0 Å². The molecule has 1 heterocycles. The zero-order chi connectivity index (χ0) is 12.8. The van der Waals surface area contributed by atoms with E-state index in [2.05, 4.69) is 76.0 Å². The summed E-state index contributed by atoms with van der Waals surface area (Å²) in [6, 6.07) is 4.52. The van der Waals surface area contributed by atoms with Gasteiger partial charge in [-0.15, -0.1) is 0 Å². The molecule has 0 aromatic heterocycles. The zero-order valence-corrected chi connectivity index (χ0v) is 11.7. The molecule has 0 fully saturated rings. The van der Waals surface area contributed by atoms with Crippen molar-refractivity contribution in [3.05, 3.63) is 41.2 Å². The van der Waals surface area contributed by atoms with Gasteiger partial charge in [-0.05, 0) is 57.4 Å². The maximum Gasteiger partial charge on any atom is 0.110 e. The van der Waals surface area contributed by atoms with Crippen molar-refractivity contribution in [3.8, 4) is 0 Å². The van der Waals surface area contributed by atoms with Crippen LogP contribution in [-0.2, 0) is 0 Å². The van der Waals surface area contributed by atoms with Crippen molar-refractivity contribution in [1.29, 1.82) is 0 Å². The van der Waals surface area contributed by atoms with Gasteiger partial charge in [0.2, 0.25) is 0 Å². The van der Waals surface area contributed by atoms with Crippen LogP contribution >= 0.6 is 0 Å². The minimum Gasteiger partial charge on any atom is -0.357 e. The number of hydrogen-bond acceptors (Lipinski definition) is 2. The summed E-state index contributed by atoms with van der Waals surface area (Å²) in [5, 5.41) is 0. The molecule has 0 saturated heterocycles. The molecule has 0 aliphatic carbocycles. The van der Waals surface area contributed by atoms with Gasteiger partial charge in [-0.25, -0.2) is 0 Å². The van der Waals surface area contributed by atoms with Crippen LogP contribution in [0.15, 0.2) is 24.5 Å². The lowest BCUT2D eigenvalue weighted by Crippen LogP contribution is -2.46. The Morgan fingerprint density at radius 1 is 1.00 bits per heavy atom. The first kappa shape index (κ1) is 12.0. The molecular formula is C15H22N2. The zero-order valence-electron chi connectivity index (χ0n) is 11.7. The highest BCUT2D eigenvalue weighted by atomic mass is 15.4. The van der Waals surface area contributed by atoms with Gasteiger partial charge in [-0.2, -0.15) is 0 Å². The summed E-state index contributed by atoms with van der Waals surface area (Å²) in [6.45, 7) is 11.0. The van der Waals surface area contributed by atoms with Crippen LogP contribution in [0, 0.1) is 20.8 Å². The molecule has 2 heteroatoms. The lowest BCUT2D eigenvalue weighted by atomic mass is 10.0. The Bertz CT molecular complexity index is 472. The highest BCUT2D eigenvalue weighted by molar-refractivity contribution is 5.62. The average Bonchev–Trinajstić information content (AvgIpc) is 2.48.